The molecule has 0 fully saturated rings. The number of nitrogens with one attached hydrogen (secondary N) is 2. The first-order valence-corrected chi connectivity index (χ1v) is 5.99. The minimum atomic E-state index is -4.40. The van der Waals surface area contributed by atoms with E-state index in [1.807, 2.05) is 0 Å². The van der Waals surface area contributed by atoms with Crippen molar-refractivity contribution in [1.82, 2.24) is 5.16 Å². The van der Waals surface area contributed by atoms with E-state index in [-0.39, 0.29) is 5.69 Å². The van der Waals surface area contributed by atoms with Crippen LogP contribution in [0.25, 0.3) is 11.0 Å². The van der Waals surface area contributed by atoms with E-state index < -0.39 is 17.3 Å². The first kappa shape index (κ1) is 13.3. The molecule has 0 aliphatic rings. The second kappa shape index (κ2) is 4.69. The Kier molecular flexibility index (Phi) is 2.97. The van der Waals surface area contributed by atoms with Crippen LogP contribution in [0.15, 0.2) is 51.8 Å². The lowest BCUT2D eigenvalue weighted by atomic mass is 10.2. The van der Waals surface area contributed by atoms with Crippen molar-refractivity contribution in [3.05, 3.63) is 58.4 Å². The molecule has 4 nitrogen and oxygen atoms in total. The maximum Gasteiger partial charge on any atom is 0.416 e. The van der Waals surface area contributed by atoms with Crippen LogP contribution < -0.4 is 10.9 Å². The van der Waals surface area contributed by atoms with Crippen molar-refractivity contribution in [3.8, 4) is 0 Å². The molecule has 0 saturated carbocycles. The molecule has 3 aromatic rings. The molecule has 2 aromatic carbocycles. The van der Waals surface area contributed by atoms with Crippen LogP contribution in [0.4, 0.5) is 24.5 Å². The summed E-state index contributed by atoms with van der Waals surface area (Å²) in [4.78, 5) is 11.4. The van der Waals surface area contributed by atoms with E-state index in [9.17, 15) is 18.0 Å². The van der Waals surface area contributed by atoms with E-state index in [1.54, 1.807) is 12.1 Å². The van der Waals surface area contributed by atoms with Gasteiger partial charge in [-0.1, -0.05) is 6.07 Å². The molecule has 0 radical (unpaired) electrons. The second-order valence-corrected chi connectivity index (χ2v) is 4.45. The summed E-state index contributed by atoms with van der Waals surface area (Å²) in [6.45, 7) is 0. The Morgan fingerprint density at radius 1 is 1.05 bits per heavy atom. The predicted molar refractivity (Wildman–Crippen MR) is 71.6 cm³/mol. The van der Waals surface area contributed by atoms with Crippen molar-refractivity contribution in [2.45, 2.75) is 6.18 Å². The van der Waals surface area contributed by atoms with Gasteiger partial charge in [0.2, 0.25) is 0 Å². The van der Waals surface area contributed by atoms with Crippen molar-refractivity contribution in [3.63, 3.8) is 0 Å². The van der Waals surface area contributed by atoms with Gasteiger partial charge >= 0.3 is 6.18 Å². The van der Waals surface area contributed by atoms with E-state index >= 15 is 0 Å². The Morgan fingerprint density at radius 2 is 1.81 bits per heavy atom. The molecule has 21 heavy (non-hydrogen) atoms. The van der Waals surface area contributed by atoms with Gasteiger partial charge in [-0.3, -0.25) is 4.79 Å². The molecule has 0 amide bonds. The van der Waals surface area contributed by atoms with Crippen LogP contribution >= 0.6 is 0 Å². The summed E-state index contributed by atoms with van der Waals surface area (Å²) in [5.41, 5.74) is 0.0276. The summed E-state index contributed by atoms with van der Waals surface area (Å²) in [5, 5.41) is 5.35. The summed E-state index contributed by atoms with van der Waals surface area (Å²) >= 11 is 0. The van der Waals surface area contributed by atoms with E-state index in [4.69, 9.17) is 4.52 Å². The number of alkyl halides is 3. The smallest absolute Gasteiger partial charge is 0.378 e. The first-order chi connectivity index (χ1) is 9.93. The number of aromatic amines is 1. The molecule has 1 aromatic heterocycles. The normalized spacial score (nSPS) is 11.8. The van der Waals surface area contributed by atoms with Gasteiger partial charge in [0.25, 0.3) is 5.56 Å². The van der Waals surface area contributed by atoms with Gasteiger partial charge < -0.3 is 9.84 Å². The van der Waals surface area contributed by atoms with E-state index in [0.29, 0.717) is 16.7 Å². The number of aromatic nitrogens is 1. The van der Waals surface area contributed by atoms with Crippen molar-refractivity contribution < 1.29 is 17.7 Å². The van der Waals surface area contributed by atoms with Crippen LogP contribution in [-0.2, 0) is 6.18 Å². The molecule has 2 N–H and O–H groups in total. The number of benzene rings is 2. The summed E-state index contributed by atoms with van der Waals surface area (Å²) in [5.74, 6) is 0. The largest absolute Gasteiger partial charge is 0.416 e. The quantitative estimate of drug-likeness (QED) is 0.754. The molecule has 0 aliphatic carbocycles. The van der Waals surface area contributed by atoms with Crippen LogP contribution in [0.3, 0.4) is 0 Å². The zero-order valence-corrected chi connectivity index (χ0v) is 10.5. The molecule has 0 atom stereocenters. The van der Waals surface area contributed by atoms with Gasteiger partial charge in [-0.25, -0.2) is 0 Å². The Balaban J connectivity index is 1.95. The summed E-state index contributed by atoms with van der Waals surface area (Å²) in [6, 6.07) is 9.51. The fourth-order valence-corrected chi connectivity index (χ4v) is 1.97. The zero-order valence-electron chi connectivity index (χ0n) is 10.5. The molecule has 7 heteroatoms. The summed E-state index contributed by atoms with van der Waals surface area (Å²) in [6.07, 6.45) is -4.40. The van der Waals surface area contributed by atoms with Gasteiger partial charge in [0.05, 0.1) is 10.9 Å². The standard InChI is InChI=1S/C14H9F3N2O2/c15-14(16,17)8-2-1-3-9(6-8)18-10-4-5-12-11(7-10)13(20)19-21-12/h1-7,18H,(H,19,20). The monoisotopic (exact) mass is 294 g/mol. The van der Waals surface area contributed by atoms with Crippen molar-refractivity contribution in [1.29, 1.82) is 0 Å². The first-order valence-electron chi connectivity index (χ1n) is 5.99. The predicted octanol–water partition coefficient (Wildman–Crippen LogP) is 3.88. The van der Waals surface area contributed by atoms with Crippen molar-refractivity contribution >= 4 is 22.3 Å². The number of rotatable bonds is 2. The maximum atomic E-state index is 12.6. The summed E-state index contributed by atoms with van der Waals surface area (Å²) < 4.78 is 42.8. The number of H-pyrrole nitrogens is 1. The van der Waals surface area contributed by atoms with E-state index in [0.717, 1.165) is 12.1 Å². The number of fused-ring (bicyclic) bond motifs is 1. The highest BCUT2D eigenvalue weighted by Crippen LogP contribution is 2.31. The van der Waals surface area contributed by atoms with Gasteiger partial charge in [0, 0.05) is 11.4 Å². The zero-order chi connectivity index (χ0) is 15.0. The Hall–Kier alpha value is -2.70. The van der Waals surface area contributed by atoms with Gasteiger partial charge in [0.15, 0.2) is 5.58 Å². The molecule has 0 bridgehead atoms. The maximum absolute atomic E-state index is 12.6. The lowest BCUT2D eigenvalue weighted by Crippen LogP contribution is -2.05. The van der Waals surface area contributed by atoms with Gasteiger partial charge in [0.1, 0.15) is 0 Å². The third-order valence-corrected chi connectivity index (χ3v) is 2.96. The molecular weight excluding hydrogens is 285 g/mol. The Labute approximate surface area is 116 Å². The number of hydrogen-bond donors (Lipinski definition) is 2. The molecule has 1 heterocycles. The fourth-order valence-electron chi connectivity index (χ4n) is 1.97. The van der Waals surface area contributed by atoms with Crippen LogP contribution in [0.2, 0.25) is 0 Å². The molecule has 3 rings (SSSR count). The highest BCUT2D eigenvalue weighted by atomic mass is 19.4. The third-order valence-electron chi connectivity index (χ3n) is 2.96. The average Bonchev–Trinajstić information content (AvgIpc) is 2.80. The Bertz CT molecular complexity index is 849. The van der Waals surface area contributed by atoms with Crippen LogP contribution in [0.1, 0.15) is 5.56 Å². The van der Waals surface area contributed by atoms with Crippen LogP contribution in [-0.4, -0.2) is 5.16 Å². The highest BCUT2D eigenvalue weighted by Gasteiger charge is 2.30. The lowest BCUT2D eigenvalue weighted by molar-refractivity contribution is -0.137. The molecule has 0 saturated heterocycles. The van der Waals surface area contributed by atoms with Gasteiger partial charge in [-0.15, -0.1) is 0 Å². The van der Waals surface area contributed by atoms with Gasteiger partial charge in [-0.05, 0) is 36.4 Å². The fraction of sp³-hybridized carbons (Fsp3) is 0.0714. The second-order valence-electron chi connectivity index (χ2n) is 4.45. The third kappa shape index (κ3) is 2.62. The molecule has 108 valence electrons. The lowest BCUT2D eigenvalue weighted by Gasteiger charge is -2.10. The van der Waals surface area contributed by atoms with E-state index in [2.05, 4.69) is 10.5 Å². The molecule has 0 aliphatic heterocycles. The van der Waals surface area contributed by atoms with Crippen molar-refractivity contribution in [2.75, 3.05) is 5.32 Å². The van der Waals surface area contributed by atoms with E-state index in [1.165, 1.54) is 18.2 Å². The molecule has 0 spiro atoms. The number of halogens is 3. The number of anilines is 2. The minimum absolute atomic E-state index is 0.282. The Morgan fingerprint density at radius 3 is 2.57 bits per heavy atom. The average molecular weight is 294 g/mol. The SMILES string of the molecule is O=c1[nH]oc2ccc(Nc3cccc(C(F)(F)F)c3)cc12. The molecule has 0 unspecified atom stereocenters. The van der Waals surface area contributed by atoms with Crippen LogP contribution in [0.5, 0.6) is 0 Å². The topological polar surface area (TPSA) is 58.0 Å². The molecular formula is C14H9F3N2O2. The highest BCUT2D eigenvalue weighted by molar-refractivity contribution is 5.81. The minimum Gasteiger partial charge on any atom is -0.378 e. The van der Waals surface area contributed by atoms with Crippen LogP contribution in [0, 0.1) is 0 Å². The van der Waals surface area contributed by atoms with Gasteiger partial charge in [-0.2, -0.15) is 18.3 Å². The number of hydrogen-bond acceptors (Lipinski definition) is 3. The van der Waals surface area contributed by atoms with Crippen molar-refractivity contribution in [2.24, 2.45) is 0 Å². The summed E-state index contributed by atoms with van der Waals surface area (Å²) in [7, 11) is 0.